The number of rotatable bonds is 4. The summed E-state index contributed by atoms with van der Waals surface area (Å²) in [6.45, 7) is 0.395. The van der Waals surface area contributed by atoms with Crippen molar-refractivity contribution >= 4 is 23.1 Å². The highest BCUT2D eigenvalue weighted by Crippen LogP contribution is 2.25. The third kappa shape index (κ3) is 2.73. The maximum atomic E-state index is 10.8. The second-order valence-electron chi connectivity index (χ2n) is 3.26. The van der Waals surface area contributed by atoms with Crippen LogP contribution < -0.4 is 5.32 Å². The van der Waals surface area contributed by atoms with Gasteiger partial charge in [0.05, 0.1) is 22.5 Å². The van der Waals surface area contributed by atoms with Gasteiger partial charge in [0.25, 0.3) is 0 Å². The molecule has 0 aliphatic carbocycles. The number of anilines is 1. The predicted octanol–water partition coefficient (Wildman–Crippen LogP) is 2.85. The highest BCUT2D eigenvalue weighted by molar-refractivity contribution is 6.30. The smallest absolute Gasteiger partial charge is 0.312 e. The van der Waals surface area contributed by atoms with Crippen molar-refractivity contribution in [3.8, 4) is 0 Å². The second-order valence-corrected chi connectivity index (χ2v) is 3.70. The summed E-state index contributed by atoms with van der Waals surface area (Å²) in [4.78, 5) is 14.1. The zero-order valence-corrected chi connectivity index (χ0v) is 9.35. The van der Waals surface area contributed by atoms with Crippen LogP contribution in [0.3, 0.4) is 0 Å². The quantitative estimate of drug-likeness (QED) is 0.669. The Kier molecular flexibility index (Phi) is 3.24. The van der Waals surface area contributed by atoms with E-state index >= 15 is 0 Å². The SMILES string of the molecule is O=[N+]([O-])c1cc(Cl)cnc1NCc1ccoc1. The van der Waals surface area contributed by atoms with E-state index in [9.17, 15) is 10.1 Å². The highest BCUT2D eigenvalue weighted by Gasteiger charge is 2.15. The molecule has 2 heterocycles. The molecule has 0 spiro atoms. The van der Waals surface area contributed by atoms with E-state index in [1.165, 1.54) is 18.5 Å². The van der Waals surface area contributed by atoms with Crippen LogP contribution in [0.25, 0.3) is 0 Å². The Bertz CT molecular complexity index is 528. The number of nitrogens with zero attached hydrogens (tertiary/aromatic N) is 2. The molecule has 1 N–H and O–H groups in total. The molecule has 6 nitrogen and oxygen atoms in total. The molecule has 0 atom stereocenters. The molecule has 2 aromatic heterocycles. The van der Waals surface area contributed by atoms with Crippen molar-refractivity contribution in [3.05, 3.63) is 51.6 Å². The van der Waals surface area contributed by atoms with Gasteiger partial charge in [-0.2, -0.15) is 0 Å². The van der Waals surface area contributed by atoms with Crippen molar-refractivity contribution in [1.82, 2.24) is 4.98 Å². The van der Waals surface area contributed by atoms with Crippen molar-refractivity contribution in [2.24, 2.45) is 0 Å². The molecule has 0 fully saturated rings. The number of nitrogens with one attached hydrogen (secondary N) is 1. The van der Waals surface area contributed by atoms with Crippen LogP contribution in [0.2, 0.25) is 5.02 Å². The number of hydrogen-bond acceptors (Lipinski definition) is 5. The molecule has 88 valence electrons. The molecule has 2 rings (SSSR count). The zero-order valence-electron chi connectivity index (χ0n) is 8.59. The second kappa shape index (κ2) is 4.84. The first kappa shape index (κ1) is 11.4. The first-order valence-corrected chi connectivity index (χ1v) is 5.09. The van der Waals surface area contributed by atoms with Crippen molar-refractivity contribution in [2.75, 3.05) is 5.32 Å². The molecule has 2 aromatic rings. The minimum Gasteiger partial charge on any atom is -0.472 e. The number of hydrogen-bond donors (Lipinski definition) is 1. The monoisotopic (exact) mass is 253 g/mol. The first-order valence-electron chi connectivity index (χ1n) is 4.71. The standard InChI is InChI=1S/C10H8ClN3O3/c11-8-3-9(14(15)16)10(13-5-8)12-4-7-1-2-17-6-7/h1-3,5-6H,4H2,(H,12,13). The topological polar surface area (TPSA) is 81.2 Å². The Morgan fingerprint density at radius 3 is 3.06 bits per heavy atom. The fourth-order valence-electron chi connectivity index (χ4n) is 1.28. The maximum absolute atomic E-state index is 10.8. The van der Waals surface area contributed by atoms with Crippen LogP contribution in [0.4, 0.5) is 11.5 Å². The van der Waals surface area contributed by atoms with Gasteiger partial charge in [0.1, 0.15) is 0 Å². The number of furan rings is 1. The lowest BCUT2D eigenvalue weighted by Crippen LogP contribution is -2.03. The maximum Gasteiger partial charge on any atom is 0.312 e. The molecular formula is C10H8ClN3O3. The van der Waals surface area contributed by atoms with Crippen LogP contribution in [0.5, 0.6) is 0 Å². The molecule has 0 aliphatic rings. The predicted molar refractivity (Wildman–Crippen MR) is 61.9 cm³/mol. The Morgan fingerprint density at radius 2 is 2.41 bits per heavy atom. The third-order valence-electron chi connectivity index (χ3n) is 2.07. The number of pyridine rings is 1. The lowest BCUT2D eigenvalue weighted by molar-refractivity contribution is -0.384. The summed E-state index contributed by atoms with van der Waals surface area (Å²) in [6.07, 6.45) is 4.43. The molecule has 0 aromatic carbocycles. The normalized spacial score (nSPS) is 10.2. The lowest BCUT2D eigenvalue weighted by atomic mass is 10.3. The van der Waals surface area contributed by atoms with E-state index in [1.54, 1.807) is 12.3 Å². The van der Waals surface area contributed by atoms with Gasteiger partial charge >= 0.3 is 5.69 Å². The molecular weight excluding hydrogens is 246 g/mol. The van der Waals surface area contributed by atoms with E-state index in [1.807, 2.05) is 0 Å². The molecule has 7 heteroatoms. The molecule has 0 aliphatic heterocycles. The highest BCUT2D eigenvalue weighted by atomic mass is 35.5. The van der Waals surface area contributed by atoms with Crippen LogP contribution in [0.15, 0.2) is 35.3 Å². The summed E-state index contributed by atoms with van der Waals surface area (Å²) in [6, 6.07) is 3.01. The van der Waals surface area contributed by atoms with E-state index in [2.05, 4.69) is 10.3 Å². The summed E-state index contributed by atoms with van der Waals surface area (Å²) < 4.78 is 4.88. The van der Waals surface area contributed by atoms with Crippen LogP contribution in [-0.4, -0.2) is 9.91 Å². The number of nitro groups is 1. The summed E-state index contributed by atoms with van der Waals surface area (Å²) in [7, 11) is 0. The van der Waals surface area contributed by atoms with Gasteiger partial charge in [0.2, 0.25) is 5.82 Å². The van der Waals surface area contributed by atoms with Crippen LogP contribution in [0.1, 0.15) is 5.56 Å². The van der Waals surface area contributed by atoms with Crippen molar-refractivity contribution in [3.63, 3.8) is 0 Å². The third-order valence-corrected chi connectivity index (χ3v) is 2.28. The van der Waals surface area contributed by atoms with E-state index in [0.29, 0.717) is 6.54 Å². The Morgan fingerprint density at radius 1 is 1.59 bits per heavy atom. The summed E-state index contributed by atoms with van der Waals surface area (Å²) in [5.41, 5.74) is 0.719. The molecule has 0 unspecified atom stereocenters. The van der Waals surface area contributed by atoms with Gasteiger partial charge < -0.3 is 9.73 Å². The Balaban J connectivity index is 2.17. The van der Waals surface area contributed by atoms with Crippen LogP contribution in [0, 0.1) is 10.1 Å². The van der Waals surface area contributed by atoms with Gasteiger partial charge in [-0.1, -0.05) is 11.6 Å². The fraction of sp³-hybridized carbons (Fsp3) is 0.100. The number of aromatic nitrogens is 1. The van der Waals surface area contributed by atoms with Gasteiger partial charge in [-0.25, -0.2) is 4.98 Å². The molecule has 0 saturated heterocycles. The molecule has 0 saturated carbocycles. The van der Waals surface area contributed by atoms with Gasteiger partial charge in [-0.05, 0) is 6.07 Å². The average Bonchev–Trinajstić information content (AvgIpc) is 2.80. The average molecular weight is 254 g/mol. The summed E-state index contributed by atoms with van der Waals surface area (Å²) >= 11 is 5.65. The molecule has 0 radical (unpaired) electrons. The minimum atomic E-state index is -0.531. The Labute approximate surface area is 101 Å². The van der Waals surface area contributed by atoms with E-state index in [4.69, 9.17) is 16.0 Å². The van der Waals surface area contributed by atoms with Gasteiger partial charge in [-0.15, -0.1) is 0 Å². The zero-order chi connectivity index (χ0) is 12.3. The summed E-state index contributed by atoms with van der Waals surface area (Å²) in [5.74, 6) is 0.181. The van der Waals surface area contributed by atoms with Crippen LogP contribution in [-0.2, 0) is 6.54 Å². The molecule has 0 amide bonds. The fourth-order valence-corrected chi connectivity index (χ4v) is 1.44. The lowest BCUT2D eigenvalue weighted by Gasteiger charge is -2.04. The van der Waals surface area contributed by atoms with Gasteiger partial charge in [0.15, 0.2) is 0 Å². The minimum absolute atomic E-state index is 0.152. The van der Waals surface area contributed by atoms with E-state index in [0.717, 1.165) is 5.56 Å². The molecule has 0 bridgehead atoms. The van der Waals surface area contributed by atoms with Crippen molar-refractivity contribution < 1.29 is 9.34 Å². The van der Waals surface area contributed by atoms with Gasteiger partial charge in [0, 0.05) is 24.4 Å². The van der Waals surface area contributed by atoms with Crippen molar-refractivity contribution in [1.29, 1.82) is 0 Å². The van der Waals surface area contributed by atoms with E-state index < -0.39 is 4.92 Å². The Hall–Kier alpha value is -2.08. The van der Waals surface area contributed by atoms with Crippen molar-refractivity contribution in [2.45, 2.75) is 6.54 Å². The molecule has 17 heavy (non-hydrogen) atoms. The summed E-state index contributed by atoms with van der Waals surface area (Å²) in [5, 5.41) is 13.9. The van der Waals surface area contributed by atoms with E-state index in [-0.39, 0.29) is 16.5 Å². The van der Waals surface area contributed by atoms with Gasteiger partial charge in [-0.3, -0.25) is 10.1 Å². The van der Waals surface area contributed by atoms with Crippen LogP contribution >= 0.6 is 11.6 Å². The first-order chi connectivity index (χ1) is 8.16. The number of halogens is 1. The largest absolute Gasteiger partial charge is 0.472 e.